The Bertz CT molecular complexity index is 2380. The van der Waals surface area contributed by atoms with E-state index in [4.69, 9.17) is 9.97 Å². The zero-order chi connectivity index (χ0) is 43.7. The molecule has 4 aliphatic heterocycles. The van der Waals surface area contributed by atoms with Crippen LogP contribution in [-0.4, -0.2) is 114 Å². The number of aryl methyl sites for hydroxylation is 1. The first-order valence-electron chi connectivity index (χ1n) is 22.4. The van der Waals surface area contributed by atoms with Crippen molar-refractivity contribution in [3.63, 3.8) is 0 Å². The predicted octanol–water partition coefficient (Wildman–Crippen LogP) is 5.55. The number of fused-ring (bicyclic) bond motifs is 2. The second-order valence-corrected chi connectivity index (χ2v) is 17.8. The van der Waals surface area contributed by atoms with Crippen molar-refractivity contribution in [2.75, 3.05) is 73.3 Å². The molecule has 0 saturated carbocycles. The molecule has 5 aliphatic rings. The van der Waals surface area contributed by atoms with Crippen LogP contribution in [0.1, 0.15) is 88.9 Å². The lowest BCUT2D eigenvalue weighted by atomic mass is 9.71. The lowest BCUT2D eigenvalue weighted by Gasteiger charge is -2.63. The van der Waals surface area contributed by atoms with Gasteiger partial charge in [0, 0.05) is 123 Å². The van der Waals surface area contributed by atoms with Crippen molar-refractivity contribution in [1.29, 1.82) is 0 Å². The van der Waals surface area contributed by atoms with Gasteiger partial charge in [0.15, 0.2) is 0 Å². The van der Waals surface area contributed by atoms with E-state index in [-0.39, 0.29) is 29.6 Å². The van der Waals surface area contributed by atoms with Crippen LogP contribution in [0, 0.1) is 5.41 Å². The summed E-state index contributed by atoms with van der Waals surface area (Å²) in [6, 6.07) is 18.3. The molecule has 3 fully saturated rings. The van der Waals surface area contributed by atoms with Gasteiger partial charge in [0.1, 0.15) is 23.5 Å². The van der Waals surface area contributed by atoms with Gasteiger partial charge in [-0.3, -0.25) is 19.3 Å². The highest BCUT2D eigenvalue weighted by Gasteiger charge is 2.54. The molecule has 3 amide bonds. The van der Waals surface area contributed by atoms with Gasteiger partial charge in [-0.25, -0.2) is 9.97 Å². The molecule has 15 nitrogen and oxygen atoms in total. The Balaban J connectivity index is 0.768. The maximum Gasteiger partial charge on any atom is 0.256 e. The molecule has 4 N–H and O–H groups in total. The molecular formula is C48H57N11O4. The van der Waals surface area contributed by atoms with E-state index in [1.807, 2.05) is 30.3 Å². The van der Waals surface area contributed by atoms with Crippen LogP contribution in [0.15, 0.2) is 73.4 Å². The summed E-state index contributed by atoms with van der Waals surface area (Å²) in [7, 11) is 1.57. The number of aromatic nitrogens is 3. The molecule has 6 heterocycles. The second kappa shape index (κ2) is 17.8. The normalized spacial score (nSPS) is 19.4. The van der Waals surface area contributed by atoms with E-state index in [0.717, 1.165) is 100 Å². The molecule has 0 bridgehead atoms. The zero-order valence-corrected chi connectivity index (χ0v) is 36.2. The molecule has 3 saturated heterocycles. The maximum absolute atomic E-state index is 13.4. The average molecular weight is 852 g/mol. The van der Waals surface area contributed by atoms with Crippen molar-refractivity contribution in [2.24, 2.45) is 5.41 Å². The standard InChI is InChI=1S/C48H57N11O4/c1-4-21-50-45(62)38-24-51-47(55-44(38)54-41-17-11-32-10-9-31(5-2)43(32)53-41)52-33-12-14-34(15-13-33)56-22-19-35(20-23-56)57-27-48(28-57)29-58(30-48)40-8-6-7-37-39(40)25-59(46(37)63)36(26-60)16-18-42(61)49-3/h4,6-8,11-15,17,24,26,31,35-36H,1,5,9-10,16,18-23,25,27-30H2,2-3H3,(H,49,61)(H,50,62)(H2,51,52,53,54,55). The maximum atomic E-state index is 13.4. The van der Waals surface area contributed by atoms with Gasteiger partial charge in [0.25, 0.3) is 11.8 Å². The van der Waals surface area contributed by atoms with E-state index in [2.05, 4.69) is 78.7 Å². The van der Waals surface area contributed by atoms with Crippen LogP contribution < -0.4 is 31.1 Å². The summed E-state index contributed by atoms with van der Waals surface area (Å²) in [4.78, 5) is 73.6. The Morgan fingerprint density at radius 3 is 2.49 bits per heavy atom. The number of hydrogen-bond donors (Lipinski definition) is 4. The second-order valence-electron chi connectivity index (χ2n) is 17.8. The lowest BCUT2D eigenvalue weighted by Crippen LogP contribution is -2.74. The van der Waals surface area contributed by atoms with Crippen LogP contribution in [-0.2, 0) is 22.6 Å². The number of pyridine rings is 1. The monoisotopic (exact) mass is 851 g/mol. The molecule has 63 heavy (non-hydrogen) atoms. The number of rotatable bonds is 16. The van der Waals surface area contributed by atoms with Gasteiger partial charge < -0.3 is 40.8 Å². The number of nitrogens with one attached hydrogen (secondary N) is 4. The summed E-state index contributed by atoms with van der Waals surface area (Å²) in [5, 5.41) is 12.1. The number of benzene rings is 2. The first-order chi connectivity index (χ1) is 30.7. The van der Waals surface area contributed by atoms with E-state index in [1.165, 1.54) is 17.4 Å². The largest absolute Gasteiger partial charge is 0.371 e. The highest BCUT2D eigenvalue weighted by molar-refractivity contribution is 6.01. The predicted molar refractivity (Wildman–Crippen MR) is 244 cm³/mol. The fraction of sp³-hybridized carbons (Fsp3) is 0.438. The highest BCUT2D eigenvalue weighted by Crippen LogP contribution is 2.46. The first-order valence-corrected chi connectivity index (χ1v) is 22.4. The minimum absolute atomic E-state index is 0.135. The van der Waals surface area contributed by atoms with Crippen molar-refractivity contribution in [3.8, 4) is 0 Å². The molecule has 4 aromatic rings. The van der Waals surface area contributed by atoms with Gasteiger partial charge in [-0.15, -0.1) is 6.58 Å². The van der Waals surface area contributed by atoms with Crippen molar-refractivity contribution >= 4 is 58.7 Å². The summed E-state index contributed by atoms with van der Waals surface area (Å²) in [5.74, 6) is 1.26. The summed E-state index contributed by atoms with van der Waals surface area (Å²) in [6.45, 7) is 12.7. The molecular weight excluding hydrogens is 795 g/mol. The van der Waals surface area contributed by atoms with E-state index in [0.29, 0.717) is 60.2 Å². The summed E-state index contributed by atoms with van der Waals surface area (Å²) >= 11 is 0. The number of carbonyl (C=O) groups is 4. The number of likely N-dealkylation sites (tertiary alicyclic amines) is 1. The number of hydrogen-bond acceptors (Lipinski definition) is 12. The summed E-state index contributed by atoms with van der Waals surface area (Å²) in [6.07, 6.45) is 9.88. The minimum Gasteiger partial charge on any atom is -0.371 e. The van der Waals surface area contributed by atoms with Crippen LogP contribution in [0.2, 0.25) is 0 Å². The minimum atomic E-state index is -0.625. The topological polar surface area (TPSA) is 168 Å². The van der Waals surface area contributed by atoms with Gasteiger partial charge in [0.2, 0.25) is 11.9 Å². The Kier molecular flexibility index (Phi) is 11.9. The van der Waals surface area contributed by atoms with E-state index < -0.39 is 6.04 Å². The number of amides is 3. The van der Waals surface area contributed by atoms with Gasteiger partial charge in [-0.1, -0.05) is 25.1 Å². The number of aldehydes is 1. The Hall–Kier alpha value is -6.35. The van der Waals surface area contributed by atoms with Gasteiger partial charge in [-0.2, -0.15) is 4.98 Å². The number of nitrogens with zero attached hydrogens (tertiary/aromatic N) is 7. The van der Waals surface area contributed by atoms with Crippen LogP contribution in [0.3, 0.4) is 0 Å². The third-order valence-corrected chi connectivity index (χ3v) is 13.8. The highest BCUT2D eigenvalue weighted by atomic mass is 16.2. The molecule has 2 unspecified atom stereocenters. The first kappa shape index (κ1) is 42.0. The molecule has 2 aromatic heterocycles. The quantitative estimate of drug-likeness (QED) is 0.0821. The third-order valence-electron chi connectivity index (χ3n) is 13.8. The molecule has 9 rings (SSSR count). The van der Waals surface area contributed by atoms with Gasteiger partial charge in [-0.05, 0) is 86.6 Å². The molecule has 2 aromatic carbocycles. The van der Waals surface area contributed by atoms with Crippen molar-refractivity contribution < 1.29 is 19.2 Å². The van der Waals surface area contributed by atoms with E-state index >= 15 is 0 Å². The summed E-state index contributed by atoms with van der Waals surface area (Å²) < 4.78 is 0. The van der Waals surface area contributed by atoms with E-state index in [9.17, 15) is 19.2 Å². The van der Waals surface area contributed by atoms with Crippen LogP contribution >= 0.6 is 0 Å². The smallest absolute Gasteiger partial charge is 0.256 e. The van der Waals surface area contributed by atoms with Crippen LogP contribution in [0.4, 0.5) is 34.6 Å². The third kappa shape index (κ3) is 8.45. The molecule has 1 spiro atoms. The Morgan fingerprint density at radius 2 is 1.76 bits per heavy atom. The van der Waals surface area contributed by atoms with Gasteiger partial charge in [0.05, 0.1) is 6.04 Å². The number of piperidine rings is 1. The van der Waals surface area contributed by atoms with Gasteiger partial charge >= 0.3 is 0 Å². The van der Waals surface area contributed by atoms with Crippen molar-refractivity contribution in [3.05, 3.63) is 101 Å². The molecule has 1 aliphatic carbocycles. The average Bonchev–Trinajstić information content (AvgIpc) is 3.85. The number of anilines is 6. The molecule has 0 radical (unpaired) electrons. The fourth-order valence-corrected chi connectivity index (χ4v) is 10.3. The summed E-state index contributed by atoms with van der Waals surface area (Å²) in [5.41, 5.74) is 7.76. The zero-order valence-electron chi connectivity index (χ0n) is 36.2. The molecule has 328 valence electrons. The van der Waals surface area contributed by atoms with E-state index in [1.54, 1.807) is 18.0 Å². The van der Waals surface area contributed by atoms with Crippen LogP contribution in [0.25, 0.3) is 0 Å². The molecule has 2 atom stereocenters. The van der Waals surface area contributed by atoms with Crippen molar-refractivity contribution in [1.82, 2.24) is 35.4 Å². The SMILES string of the molecule is C=CCNC(=O)c1cnc(Nc2ccc(N3CCC(N4CC5(CN(c6cccc7c6CN(C(C=O)CCC(=O)NC)C7=O)C5)C4)CC3)cc2)nc1Nc1ccc2c(n1)C(CC)CC2. The Labute approximate surface area is 368 Å². The number of carbonyl (C=O) groups excluding carboxylic acids is 4. The lowest BCUT2D eigenvalue weighted by molar-refractivity contribution is -0.121. The van der Waals surface area contributed by atoms with Crippen LogP contribution in [0.5, 0.6) is 0 Å². The molecule has 15 heteroatoms. The van der Waals surface area contributed by atoms with Crippen molar-refractivity contribution in [2.45, 2.75) is 76.4 Å². The fourth-order valence-electron chi connectivity index (χ4n) is 10.3. The Morgan fingerprint density at radius 1 is 0.968 bits per heavy atom.